The van der Waals surface area contributed by atoms with Gasteiger partial charge < -0.3 is 9.64 Å². The number of hydrogen-bond donors (Lipinski definition) is 0. The topological polar surface area (TPSA) is 12.5 Å². The van der Waals surface area contributed by atoms with Crippen molar-refractivity contribution in [2.75, 3.05) is 20.1 Å². The molecule has 2 heterocycles. The molecule has 0 saturated carbocycles. The van der Waals surface area contributed by atoms with Gasteiger partial charge in [0, 0.05) is 13.1 Å². The summed E-state index contributed by atoms with van der Waals surface area (Å²) in [7, 11) is 2.21. The summed E-state index contributed by atoms with van der Waals surface area (Å²) in [6.45, 7) is 13.9. The molecule has 0 bridgehead atoms. The third kappa shape index (κ3) is 6.19. The molecule has 0 radical (unpaired) electrons. The fourth-order valence-corrected chi connectivity index (χ4v) is 3.71. The first-order valence-corrected chi connectivity index (χ1v) is 7.70. The molecule has 2 nitrogen and oxygen atoms in total. The second-order valence-electron chi connectivity index (χ2n) is 7.00. The summed E-state index contributed by atoms with van der Waals surface area (Å²) in [5.74, 6) is 2.70. The predicted molar refractivity (Wildman–Crippen MR) is 78.8 cm³/mol. The monoisotopic (exact) mass is 255 g/mol. The molecular weight excluding hydrogens is 222 g/mol. The predicted octanol–water partition coefficient (Wildman–Crippen LogP) is 3.80. The van der Waals surface area contributed by atoms with Crippen molar-refractivity contribution >= 4 is 0 Å². The van der Waals surface area contributed by atoms with Crippen LogP contribution in [0, 0.1) is 17.8 Å². The van der Waals surface area contributed by atoms with Gasteiger partial charge in [-0.1, -0.05) is 20.8 Å². The van der Waals surface area contributed by atoms with Gasteiger partial charge in [-0.25, -0.2) is 0 Å². The van der Waals surface area contributed by atoms with Crippen molar-refractivity contribution in [3.63, 3.8) is 0 Å². The van der Waals surface area contributed by atoms with Crippen molar-refractivity contribution in [3.05, 3.63) is 0 Å². The Morgan fingerprint density at radius 1 is 0.722 bits per heavy atom. The van der Waals surface area contributed by atoms with Gasteiger partial charge in [-0.05, 0) is 57.9 Å². The molecule has 0 aromatic rings. The van der Waals surface area contributed by atoms with Crippen LogP contribution in [0.1, 0.15) is 53.9 Å². The van der Waals surface area contributed by atoms with Crippen molar-refractivity contribution in [3.8, 4) is 0 Å². The molecule has 2 fully saturated rings. The average molecular weight is 255 g/mol. The molecule has 0 aromatic heterocycles. The van der Waals surface area contributed by atoms with Gasteiger partial charge in [0.25, 0.3) is 0 Å². The zero-order valence-corrected chi connectivity index (χ0v) is 13.3. The highest BCUT2D eigenvalue weighted by Gasteiger charge is 2.20. The number of ether oxygens (including phenoxy) is 1. The van der Waals surface area contributed by atoms with E-state index in [4.69, 9.17) is 4.74 Å². The van der Waals surface area contributed by atoms with Crippen LogP contribution in [0.3, 0.4) is 0 Å². The first-order valence-electron chi connectivity index (χ1n) is 7.70. The summed E-state index contributed by atoms with van der Waals surface area (Å²) in [6, 6.07) is 0. The molecule has 2 saturated heterocycles. The first-order chi connectivity index (χ1) is 8.36. The van der Waals surface area contributed by atoms with E-state index < -0.39 is 0 Å². The lowest BCUT2D eigenvalue weighted by atomic mass is 9.92. The highest BCUT2D eigenvalue weighted by atomic mass is 16.5. The lowest BCUT2D eigenvalue weighted by Gasteiger charge is -2.31. The smallest absolute Gasteiger partial charge is 0.0553 e. The number of hydrogen-bond acceptors (Lipinski definition) is 2. The van der Waals surface area contributed by atoms with Crippen LogP contribution in [0.4, 0.5) is 0 Å². The fraction of sp³-hybridized carbons (Fsp3) is 1.00. The molecule has 0 N–H and O–H groups in total. The van der Waals surface area contributed by atoms with E-state index in [0.29, 0.717) is 12.2 Å². The van der Waals surface area contributed by atoms with Crippen LogP contribution in [-0.2, 0) is 4.74 Å². The van der Waals surface area contributed by atoms with E-state index in [0.717, 1.165) is 17.8 Å². The van der Waals surface area contributed by atoms with Crippen LogP contribution < -0.4 is 0 Å². The summed E-state index contributed by atoms with van der Waals surface area (Å²) in [6.07, 6.45) is 4.88. The van der Waals surface area contributed by atoms with Crippen molar-refractivity contribution in [1.29, 1.82) is 0 Å². The molecule has 5 atom stereocenters. The van der Waals surface area contributed by atoms with Crippen LogP contribution in [0.5, 0.6) is 0 Å². The summed E-state index contributed by atoms with van der Waals surface area (Å²) in [5.41, 5.74) is 0. The van der Waals surface area contributed by atoms with Gasteiger partial charge in [0.15, 0.2) is 0 Å². The molecule has 2 aliphatic rings. The first kappa shape index (κ1) is 16.0. The lowest BCUT2D eigenvalue weighted by molar-refractivity contribution is -0.0485. The number of rotatable bonds is 0. The number of likely N-dealkylation sites (tertiary alicyclic amines) is 1. The van der Waals surface area contributed by atoms with E-state index in [2.05, 4.69) is 46.6 Å². The van der Waals surface area contributed by atoms with Crippen LogP contribution >= 0.6 is 0 Å². The van der Waals surface area contributed by atoms with E-state index >= 15 is 0 Å². The molecule has 0 aromatic carbocycles. The molecule has 18 heavy (non-hydrogen) atoms. The maximum absolute atomic E-state index is 5.56. The Labute approximate surface area is 114 Å². The molecule has 108 valence electrons. The Hall–Kier alpha value is -0.0800. The molecule has 2 aliphatic heterocycles. The molecule has 1 unspecified atom stereocenters. The Morgan fingerprint density at radius 2 is 1.17 bits per heavy atom. The fourth-order valence-electron chi connectivity index (χ4n) is 3.71. The normalized spacial score (nSPS) is 42.0. The Bertz CT molecular complexity index is 157. The summed E-state index contributed by atoms with van der Waals surface area (Å²) in [4.78, 5) is 2.43. The van der Waals surface area contributed by atoms with Crippen molar-refractivity contribution in [2.24, 2.45) is 17.8 Å². The average Bonchev–Trinajstić information content (AvgIpc) is 2.12. The van der Waals surface area contributed by atoms with E-state index in [9.17, 15) is 0 Å². The molecule has 0 amide bonds. The lowest BCUT2D eigenvalue weighted by Crippen LogP contribution is -2.35. The van der Waals surface area contributed by atoms with Gasteiger partial charge in [-0.2, -0.15) is 0 Å². The standard InChI is InChI=1S/C8H17N.C8H16O/c1-7-4-8(2)6-9(3)5-7;1-6-4-7(2)9-8(3)5-6/h7-8H,4-6H2,1-3H3;6-8H,4-5H2,1-3H3/t7-,8+;6?,7-,8+. The van der Waals surface area contributed by atoms with Crippen molar-refractivity contribution < 1.29 is 4.74 Å². The van der Waals surface area contributed by atoms with Crippen LogP contribution in [0.15, 0.2) is 0 Å². The quantitative estimate of drug-likeness (QED) is 0.653. The molecule has 2 rings (SSSR count). The largest absolute Gasteiger partial charge is 0.376 e. The SMILES string of the molecule is CC1C[C@@H](C)O[C@@H](C)C1.C[C@@H]1C[C@H](C)CN(C)C1. The van der Waals surface area contributed by atoms with Gasteiger partial charge in [-0.3, -0.25) is 0 Å². The number of nitrogens with zero attached hydrogens (tertiary/aromatic N) is 1. The molecule has 0 aliphatic carbocycles. The molecular formula is C16H33NO. The van der Waals surface area contributed by atoms with Crippen LogP contribution in [0.25, 0.3) is 0 Å². The summed E-state index contributed by atoms with van der Waals surface area (Å²) in [5, 5.41) is 0. The Morgan fingerprint density at radius 3 is 1.50 bits per heavy atom. The maximum Gasteiger partial charge on any atom is 0.0553 e. The third-order valence-corrected chi connectivity index (χ3v) is 3.98. The minimum absolute atomic E-state index is 0.490. The second kappa shape index (κ2) is 7.49. The number of piperidine rings is 1. The third-order valence-electron chi connectivity index (χ3n) is 3.98. The minimum Gasteiger partial charge on any atom is -0.376 e. The van der Waals surface area contributed by atoms with Crippen molar-refractivity contribution in [1.82, 2.24) is 4.90 Å². The van der Waals surface area contributed by atoms with Gasteiger partial charge in [0.05, 0.1) is 12.2 Å². The molecule has 2 heteroatoms. The minimum atomic E-state index is 0.490. The van der Waals surface area contributed by atoms with Gasteiger partial charge in [-0.15, -0.1) is 0 Å². The zero-order chi connectivity index (χ0) is 13.7. The second-order valence-corrected chi connectivity index (χ2v) is 7.00. The van der Waals surface area contributed by atoms with E-state index in [1.165, 1.54) is 32.4 Å². The van der Waals surface area contributed by atoms with Crippen LogP contribution in [0.2, 0.25) is 0 Å². The summed E-state index contributed by atoms with van der Waals surface area (Å²) >= 11 is 0. The van der Waals surface area contributed by atoms with E-state index in [-0.39, 0.29) is 0 Å². The van der Waals surface area contributed by atoms with E-state index in [1.54, 1.807) is 0 Å². The van der Waals surface area contributed by atoms with E-state index in [1.807, 2.05) is 0 Å². The van der Waals surface area contributed by atoms with Crippen LogP contribution in [-0.4, -0.2) is 37.2 Å². The van der Waals surface area contributed by atoms with Gasteiger partial charge in [0.2, 0.25) is 0 Å². The zero-order valence-electron chi connectivity index (χ0n) is 13.3. The van der Waals surface area contributed by atoms with Gasteiger partial charge >= 0.3 is 0 Å². The highest BCUT2D eigenvalue weighted by molar-refractivity contribution is 4.71. The Balaban J connectivity index is 0.000000180. The maximum atomic E-state index is 5.56. The highest BCUT2D eigenvalue weighted by Crippen LogP contribution is 2.23. The van der Waals surface area contributed by atoms with Crippen molar-refractivity contribution in [2.45, 2.75) is 66.1 Å². The Kier molecular flexibility index (Phi) is 6.65. The van der Waals surface area contributed by atoms with Gasteiger partial charge in [0.1, 0.15) is 0 Å². The summed E-state index contributed by atoms with van der Waals surface area (Å²) < 4.78 is 5.56. The molecule has 0 spiro atoms.